The van der Waals surface area contributed by atoms with Crippen LogP contribution in [0.2, 0.25) is 5.02 Å². The van der Waals surface area contributed by atoms with E-state index in [-0.39, 0.29) is 11.7 Å². The lowest BCUT2D eigenvalue weighted by Gasteiger charge is -2.12. The summed E-state index contributed by atoms with van der Waals surface area (Å²) in [5.74, 6) is 0.840. The van der Waals surface area contributed by atoms with Crippen LogP contribution in [-0.2, 0) is 16.1 Å². The second-order valence-corrected chi connectivity index (χ2v) is 8.29. The van der Waals surface area contributed by atoms with Gasteiger partial charge in [-0.2, -0.15) is 0 Å². The molecule has 1 aromatic heterocycles. The molecule has 1 heterocycles. The van der Waals surface area contributed by atoms with Crippen molar-refractivity contribution >= 4 is 35.0 Å². The van der Waals surface area contributed by atoms with Crippen LogP contribution < -0.4 is 5.32 Å². The smallest absolute Gasteiger partial charge is 0.234 e. The molecule has 3 aromatic rings. The van der Waals surface area contributed by atoms with E-state index >= 15 is 0 Å². The van der Waals surface area contributed by atoms with E-state index in [0.717, 1.165) is 28.8 Å². The molecule has 158 valence electrons. The number of methoxy groups -OCH3 is 1. The molecule has 8 heteroatoms. The maximum Gasteiger partial charge on any atom is 0.234 e. The first-order valence-electron chi connectivity index (χ1n) is 9.66. The summed E-state index contributed by atoms with van der Waals surface area (Å²) in [5, 5.41) is 12.9. The van der Waals surface area contributed by atoms with Crippen LogP contribution in [0.4, 0.5) is 5.69 Å². The largest absolute Gasteiger partial charge is 0.385 e. The summed E-state index contributed by atoms with van der Waals surface area (Å²) in [6.45, 7) is 5.27. The Labute approximate surface area is 186 Å². The average molecular weight is 445 g/mol. The first-order chi connectivity index (χ1) is 14.5. The minimum absolute atomic E-state index is 0.0839. The van der Waals surface area contributed by atoms with Crippen molar-refractivity contribution in [1.82, 2.24) is 14.8 Å². The van der Waals surface area contributed by atoms with Gasteiger partial charge in [0.25, 0.3) is 0 Å². The SMILES string of the molecule is COCCCn1c(SCC(=O)Nc2cc(C)ccc2C)nnc1-c1ccccc1Cl. The number of aryl methyl sites for hydroxylation is 2. The maximum atomic E-state index is 12.5. The van der Waals surface area contributed by atoms with E-state index in [9.17, 15) is 4.79 Å². The van der Waals surface area contributed by atoms with Crippen LogP contribution in [-0.4, -0.2) is 40.1 Å². The van der Waals surface area contributed by atoms with Gasteiger partial charge in [-0.25, -0.2) is 0 Å². The van der Waals surface area contributed by atoms with Crippen LogP contribution in [0.25, 0.3) is 11.4 Å². The molecule has 0 saturated carbocycles. The monoisotopic (exact) mass is 444 g/mol. The molecule has 0 aliphatic carbocycles. The Bertz CT molecular complexity index is 1020. The van der Waals surface area contributed by atoms with Crippen molar-refractivity contribution in [2.24, 2.45) is 0 Å². The molecule has 30 heavy (non-hydrogen) atoms. The van der Waals surface area contributed by atoms with Gasteiger partial charge in [-0.1, -0.05) is 47.6 Å². The van der Waals surface area contributed by atoms with Crippen molar-refractivity contribution < 1.29 is 9.53 Å². The van der Waals surface area contributed by atoms with Crippen molar-refractivity contribution in [2.45, 2.75) is 32.0 Å². The fourth-order valence-corrected chi connectivity index (χ4v) is 3.98. The lowest BCUT2D eigenvalue weighted by molar-refractivity contribution is -0.113. The van der Waals surface area contributed by atoms with Crippen LogP contribution in [0.3, 0.4) is 0 Å². The second kappa shape index (κ2) is 10.6. The highest BCUT2D eigenvalue weighted by molar-refractivity contribution is 7.99. The van der Waals surface area contributed by atoms with Gasteiger partial charge in [-0.3, -0.25) is 4.79 Å². The van der Waals surface area contributed by atoms with Crippen molar-refractivity contribution in [3.05, 3.63) is 58.6 Å². The van der Waals surface area contributed by atoms with E-state index in [4.69, 9.17) is 16.3 Å². The maximum absolute atomic E-state index is 12.5. The van der Waals surface area contributed by atoms with E-state index in [1.54, 1.807) is 7.11 Å². The Morgan fingerprint density at radius 1 is 1.20 bits per heavy atom. The van der Waals surface area contributed by atoms with Gasteiger partial charge in [0.1, 0.15) is 0 Å². The Kier molecular flexibility index (Phi) is 7.90. The first kappa shape index (κ1) is 22.3. The molecule has 0 bridgehead atoms. The molecule has 1 N–H and O–H groups in total. The van der Waals surface area contributed by atoms with E-state index in [0.29, 0.717) is 29.2 Å². The third-order valence-electron chi connectivity index (χ3n) is 4.56. The summed E-state index contributed by atoms with van der Waals surface area (Å²) in [6.07, 6.45) is 0.800. The standard InChI is InChI=1S/C22H25ClN4O2S/c1-15-9-10-16(2)19(13-15)24-20(28)14-30-22-26-25-21(27(22)11-6-12-29-3)17-7-4-5-8-18(17)23/h4-5,7-10,13H,6,11-12,14H2,1-3H3,(H,24,28). The number of anilines is 1. The number of amides is 1. The topological polar surface area (TPSA) is 69.0 Å². The van der Waals surface area contributed by atoms with Gasteiger partial charge in [-0.05, 0) is 49.6 Å². The molecular formula is C22H25ClN4O2S. The van der Waals surface area contributed by atoms with Gasteiger partial charge in [0.2, 0.25) is 5.91 Å². The highest BCUT2D eigenvalue weighted by Gasteiger charge is 2.17. The molecule has 0 atom stereocenters. The second-order valence-electron chi connectivity index (χ2n) is 6.94. The van der Waals surface area contributed by atoms with Crippen LogP contribution in [0.5, 0.6) is 0 Å². The zero-order valence-electron chi connectivity index (χ0n) is 17.3. The highest BCUT2D eigenvalue weighted by atomic mass is 35.5. The molecule has 0 aliphatic heterocycles. The van der Waals surface area contributed by atoms with Crippen LogP contribution in [0, 0.1) is 13.8 Å². The summed E-state index contributed by atoms with van der Waals surface area (Å²) in [5.41, 5.74) is 3.78. The van der Waals surface area contributed by atoms with E-state index in [2.05, 4.69) is 15.5 Å². The van der Waals surface area contributed by atoms with Crippen molar-refractivity contribution in [3.63, 3.8) is 0 Å². The molecule has 6 nitrogen and oxygen atoms in total. The molecule has 0 radical (unpaired) electrons. The predicted octanol–water partition coefficient (Wildman–Crippen LogP) is 4.98. The van der Waals surface area contributed by atoms with Crippen molar-refractivity contribution in [2.75, 3.05) is 24.8 Å². The Morgan fingerprint density at radius 2 is 2.00 bits per heavy atom. The number of carbonyl (C=O) groups excluding carboxylic acids is 1. The van der Waals surface area contributed by atoms with Gasteiger partial charge in [-0.15, -0.1) is 10.2 Å². The predicted molar refractivity (Wildman–Crippen MR) is 122 cm³/mol. The van der Waals surface area contributed by atoms with Gasteiger partial charge in [0, 0.05) is 31.5 Å². The van der Waals surface area contributed by atoms with Crippen molar-refractivity contribution in [1.29, 1.82) is 0 Å². The Morgan fingerprint density at radius 3 is 2.77 bits per heavy atom. The third kappa shape index (κ3) is 5.62. The lowest BCUT2D eigenvalue weighted by Crippen LogP contribution is -2.15. The molecule has 0 spiro atoms. The number of rotatable bonds is 9. The quantitative estimate of drug-likeness (QED) is 0.372. The number of thioether (sulfide) groups is 1. The molecule has 0 saturated heterocycles. The number of halogens is 1. The molecule has 0 unspecified atom stereocenters. The highest BCUT2D eigenvalue weighted by Crippen LogP contribution is 2.29. The number of hydrogen-bond donors (Lipinski definition) is 1. The Hall–Kier alpha value is -2.35. The summed E-state index contributed by atoms with van der Waals surface area (Å²) in [7, 11) is 1.68. The van der Waals surface area contributed by atoms with Gasteiger partial charge < -0.3 is 14.6 Å². The minimum Gasteiger partial charge on any atom is -0.385 e. The van der Waals surface area contributed by atoms with E-state index in [1.807, 2.05) is 60.9 Å². The zero-order chi connectivity index (χ0) is 21.5. The number of nitrogens with zero attached hydrogens (tertiary/aromatic N) is 3. The fourth-order valence-electron chi connectivity index (χ4n) is 2.99. The molecular weight excluding hydrogens is 420 g/mol. The van der Waals surface area contributed by atoms with Gasteiger partial charge in [0.15, 0.2) is 11.0 Å². The van der Waals surface area contributed by atoms with Crippen molar-refractivity contribution in [3.8, 4) is 11.4 Å². The van der Waals surface area contributed by atoms with Crippen LogP contribution in [0.15, 0.2) is 47.6 Å². The molecule has 0 fully saturated rings. The van der Waals surface area contributed by atoms with Crippen LogP contribution >= 0.6 is 23.4 Å². The number of benzene rings is 2. The van der Waals surface area contributed by atoms with E-state index < -0.39 is 0 Å². The summed E-state index contributed by atoms with van der Waals surface area (Å²) in [6, 6.07) is 13.5. The summed E-state index contributed by atoms with van der Waals surface area (Å²) in [4.78, 5) is 12.5. The van der Waals surface area contributed by atoms with E-state index in [1.165, 1.54) is 11.8 Å². The molecule has 3 rings (SSSR count). The number of nitrogens with one attached hydrogen (secondary N) is 1. The Balaban J connectivity index is 1.75. The van der Waals surface area contributed by atoms with Gasteiger partial charge in [0.05, 0.1) is 10.8 Å². The molecule has 1 amide bonds. The lowest BCUT2D eigenvalue weighted by atomic mass is 10.1. The van der Waals surface area contributed by atoms with Crippen LogP contribution in [0.1, 0.15) is 17.5 Å². The normalized spacial score (nSPS) is 10.9. The zero-order valence-corrected chi connectivity index (χ0v) is 18.9. The number of carbonyl (C=O) groups is 1. The number of ether oxygens (including phenoxy) is 1. The summed E-state index contributed by atoms with van der Waals surface area (Å²) >= 11 is 7.73. The average Bonchev–Trinajstić information content (AvgIpc) is 3.12. The first-order valence-corrected chi connectivity index (χ1v) is 11.0. The van der Waals surface area contributed by atoms with Gasteiger partial charge >= 0.3 is 0 Å². The summed E-state index contributed by atoms with van der Waals surface area (Å²) < 4.78 is 7.18. The fraction of sp³-hybridized carbons (Fsp3) is 0.318. The molecule has 2 aromatic carbocycles. The third-order valence-corrected chi connectivity index (χ3v) is 5.86. The number of aromatic nitrogens is 3. The minimum atomic E-state index is -0.0839. The number of hydrogen-bond acceptors (Lipinski definition) is 5. The molecule has 0 aliphatic rings.